The molecule has 0 fully saturated rings. The van der Waals surface area contributed by atoms with Crippen molar-refractivity contribution in [3.05, 3.63) is 71.3 Å². The number of benzene rings is 2. The second-order valence-electron chi connectivity index (χ2n) is 5.17. The predicted molar refractivity (Wildman–Crippen MR) is 89.5 cm³/mol. The molecule has 1 atom stereocenters. The van der Waals surface area contributed by atoms with Gasteiger partial charge in [0.05, 0.1) is 22.0 Å². The van der Waals surface area contributed by atoms with Crippen molar-refractivity contribution in [2.75, 3.05) is 12.3 Å². The molecule has 2 aromatic carbocycles. The molecule has 0 aliphatic carbocycles. The Balaban J connectivity index is 2.21. The van der Waals surface area contributed by atoms with Crippen molar-refractivity contribution in [1.82, 2.24) is 0 Å². The van der Waals surface area contributed by atoms with Crippen LogP contribution in [0.2, 0.25) is 0 Å². The first-order chi connectivity index (χ1) is 10.1. The van der Waals surface area contributed by atoms with E-state index in [1.165, 1.54) is 5.56 Å². The third-order valence-corrected chi connectivity index (χ3v) is 5.49. The van der Waals surface area contributed by atoms with Gasteiger partial charge in [-0.1, -0.05) is 60.2 Å². The van der Waals surface area contributed by atoms with Gasteiger partial charge in [-0.2, -0.15) is 0 Å². The van der Waals surface area contributed by atoms with Gasteiger partial charge in [0, 0.05) is 12.3 Å². The first-order valence-corrected chi connectivity index (χ1v) is 8.94. The van der Waals surface area contributed by atoms with Gasteiger partial charge in [0.25, 0.3) is 0 Å². The summed E-state index contributed by atoms with van der Waals surface area (Å²) in [5.74, 6) is 0.909. The van der Waals surface area contributed by atoms with Crippen LogP contribution in [0.25, 0.3) is 0 Å². The van der Waals surface area contributed by atoms with E-state index in [-0.39, 0.29) is 0 Å². The van der Waals surface area contributed by atoms with E-state index in [0.717, 1.165) is 11.1 Å². The fourth-order valence-electron chi connectivity index (χ4n) is 2.20. The maximum atomic E-state index is 13.0. The van der Waals surface area contributed by atoms with Gasteiger partial charge in [-0.15, -0.1) is 0 Å². The lowest BCUT2D eigenvalue weighted by atomic mass is 10.2. The predicted octanol–water partition coefficient (Wildman–Crippen LogP) is 3.12. The highest BCUT2D eigenvalue weighted by Gasteiger charge is 2.10. The van der Waals surface area contributed by atoms with Gasteiger partial charge >= 0.3 is 0 Å². The maximum Gasteiger partial charge on any atom is 0.0734 e. The summed E-state index contributed by atoms with van der Waals surface area (Å²) in [5, 5.41) is 0. The second-order valence-corrected chi connectivity index (χ2v) is 7.67. The number of hydrogen-bond donors (Lipinski definition) is 1. The molecule has 112 valence electrons. The fraction of sp³-hybridized carbons (Fsp3) is 0.294. The molecule has 2 aromatic rings. The number of rotatable bonds is 6. The van der Waals surface area contributed by atoms with Crippen LogP contribution in [-0.2, 0) is 22.0 Å². The first kappa shape index (κ1) is 15.7. The van der Waals surface area contributed by atoms with Crippen LogP contribution >= 0.6 is 0 Å². The van der Waals surface area contributed by atoms with Crippen molar-refractivity contribution in [3.63, 3.8) is 0 Å². The van der Waals surface area contributed by atoms with E-state index in [2.05, 4.69) is 10.4 Å². The van der Waals surface area contributed by atoms with Crippen LogP contribution in [0.3, 0.4) is 0 Å². The van der Waals surface area contributed by atoms with E-state index in [1.54, 1.807) is 0 Å². The summed E-state index contributed by atoms with van der Waals surface area (Å²) in [6, 6.07) is 18.0. The van der Waals surface area contributed by atoms with Crippen LogP contribution in [0, 0.1) is 6.92 Å². The molecule has 3 nitrogen and oxygen atoms in total. The maximum absolute atomic E-state index is 13.0. The molecule has 2 rings (SSSR count). The van der Waals surface area contributed by atoms with Crippen LogP contribution < -0.4 is 5.73 Å². The van der Waals surface area contributed by atoms with Gasteiger partial charge in [-0.3, -0.25) is 0 Å². The highest BCUT2D eigenvalue weighted by atomic mass is 32.2. The number of nitrogens with two attached hydrogens (primary N) is 1. The quantitative estimate of drug-likeness (QED) is 0.891. The smallest absolute Gasteiger partial charge is 0.0734 e. The molecule has 0 aliphatic heterocycles. The van der Waals surface area contributed by atoms with Gasteiger partial charge < -0.3 is 5.73 Å². The minimum atomic E-state index is -2.31. The SMILES string of the molecule is Cc1cccc(CS(=O)(CCN)=NCc2ccccc2)c1. The number of nitrogens with zero attached hydrogens (tertiary/aromatic N) is 1. The standard InChI is InChI=1S/C17H22N2OS/c1-15-6-5-9-17(12-15)14-21(20,11-10-18)19-13-16-7-3-2-4-8-16/h2-9,12H,10-11,13-14,18H2,1H3. The molecule has 0 amide bonds. The van der Waals surface area contributed by atoms with Gasteiger partial charge in [-0.05, 0) is 18.1 Å². The molecule has 0 aliphatic rings. The molecule has 0 spiro atoms. The Morgan fingerprint density at radius 1 is 1.05 bits per heavy atom. The molecule has 0 saturated heterocycles. The van der Waals surface area contributed by atoms with Crippen LogP contribution in [0.4, 0.5) is 0 Å². The Bertz CT molecular complexity index is 689. The third-order valence-electron chi connectivity index (χ3n) is 3.24. The summed E-state index contributed by atoms with van der Waals surface area (Å²) < 4.78 is 17.5. The highest BCUT2D eigenvalue weighted by molar-refractivity contribution is 7.92. The van der Waals surface area contributed by atoms with E-state index in [4.69, 9.17) is 5.73 Å². The van der Waals surface area contributed by atoms with Crippen LogP contribution in [0.1, 0.15) is 16.7 Å². The van der Waals surface area contributed by atoms with Crippen molar-refractivity contribution in [2.24, 2.45) is 10.1 Å². The lowest BCUT2D eigenvalue weighted by Gasteiger charge is -2.10. The topological polar surface area (TPSA) is 55.5 Å². The summed E-state index contributed by atoms with van der Waals surface area (Å²) in [6.07, 6.45) is 0. The van der Waals surface area contributed by atoms with Gasteiger partial charge in [0.15, 0.2) is 0 Å². The molecule has 0 saturated carbocycles. The largest absolute Gasteiger partial charge is 0.330 e. The Morgan fingerprint density at radius 3 is 2.43 bits per heavy atom. The van der Waals surface area contributed by atoms with Crippen LogP contribution in [-0.4, -0.2) is 16.5 Å². The molecule has 0 heterocycles. The number of aryl methyl sites for hydroxylation is 1. The van der Waals surface area contributed by atoms with E-state index in [9.17, 15) is 4.21 Å². The Kier molecular flexibility index (Phi) is 5.53. The minimum absolute atomic E-state index is 0.392. The normalized spacial score (nSPS) is 13.6. The van der Waals surface area contributed by atoms with Gasteiger partial charge in [0.1, 0.15) is 0 Å². The summed E-state index contributed by atoms with van der Waals surface area (Å²) in [4.78, 5) is 0. The summed E-state index contributed by atoms with van der Waals surface area (Å²) >= 11 is 0. The van der Waals surface area contributed by atoms with E-state index >= 15 is 0 Å². The summed E-state index contributed by atoms with van der Waals surface area (Å²) in [7, 11) is -2.31. The fourth-order valence-corrected chi connectivity index (χ4v) is 4.02. The molecular formula is C17H22N2OS. The second kappa shape index (κ2) is 7.38. The zero-order chi connectivity index (χ0) is 15.1. The van der Waals surface area contributed by atoms with Gasteiger partial charge in [-0.25, -0.2) is 8.57 Å². The third kappa shape index (κ3) is 4.99. The Labute approximate surface area is 127 Å². The summed E-state index contributed by atoms with van der Waals surface area (Å²) in [5.41, 5.74) is 8.94. The van der Waals surface area contributed by atoms with Gasteiger partial charge in [0.2, 0.25) is 0 Å². The molecule has 0 aromatic heterocycles. The van der Waals surface area contributed by atoms with E-state index in [0.29, 0.717) is 24.6 Å². The van der Waals surface area contributed by atoms with Crippen molar-refractivity contribution in [3.8, 4) is 0 Å². The average Bonchev–Trinajstić information content (AvgIpc) is 2.47. The zero-order valence-electron chi connectivity index (χ0n) is 12.4. The lowest BCUT2D eigenvalue weighted by Crippen LogP contribution is -2.17. The van der Waals surface area contributed by atoms with Crippen LogP contribution in [0.5, 0.6) is 0 Å². The highest BCUT2D eigenvalue weighted by Crippen LogP contribution is 2.13. The lowest BCUT2D eigenvalue weighted by molar-refractivity contribution is 0.673. The summed E-state index contributed by atoms with van der Waals surface area (Å²) in [6.45, 7) is 2.91. The molecule has 21 heavy (non-hydrogen) atoms. The zero-order valence-corrected chi connectivity index (χ0v) is 13.2. The van der Waals surface area contributed by atoms with E-state index in [1.807, 2.05) is 55.5 Å². The van der Waals surface area contributed by atoms with E-state index < -0.39 is 9.73 Å². The van der Waals surface area contributed by atoms with Crippen LogP contribution in [0.15, 0.2) is 59.0 Å². The molecule has 2 N–H and O–H groups in total. The average molecular weight is 302 g/mol. The van der Waals surface area contributed by atoms with Crippen molar-refractivity contribution in [2.45, 2.75) is 19.2 Å². The number of hydrogen-bond acceptors (Lipinski definition) is 3. The van der Waals surface area contributed by atoms with Crippen molar-refractivity contribution >= 4 is 9.73 Å². The van der Waals surface area contributed by atoms with Crippen molar-refractivity contribution in [1.29, 1.82) is 0 Å². The molecular weight excluding hydrogens is 280 g/mol. The van der Waals surface area contributed by atoms with Crippen molar-refractivity contribution < 1.29 is 4.21 Å². The monoisotopic (exact) mass is 302 g/mol. The minimum Gasteiger partial charge on any atom is -0.330 e. The molecule has 0 radical (unpaired) electrons. The molecule has 1 unspecified atom stereocenters. The Hall–Kier alpha value is -1.65. The molecule has 0 bridgehead atoms. The first-order valence-electron chi connectivity index (χ1n) is 7.09. The molecule has 4 heteroatoms. The Morgan fingerprint density at radius 2 is 1.76 bits per heavy atom.